The Hall–Kier alpha value is -2.90. The fourth-order valence-electron chi connectivity index (χ4n) is 8.11. The lowest BCUT2D eigenvalue weighted by Crippen LogP contribution is -2.54. The smallest absolute Gasteiger partial charge is 0.252 e. The molecule has 0 saturated carbocycles. The molecule has 293 valence electrons. The summed E-state index contributed by atoms with van der Waals surface area (Å²) in [4.78, 5) is 85.5. The van der Waals surface area contributed by atoms with E-state index in [2.05, 4.69) is 6.92 Å². The summed E-state index contributed by atoms with van der Waals surface area (Å²) in [6, 6.07) is -1.12. The second-order valence-corrected chi connectivity index (χ2v) is 15.5. The number of nitrogens with zero attached hydrogens (tertiary/aromatic N) is 4. The number of ketones is 2. The first-order valence-electron chi connectivity index (χ1n) is 19.2. The normalized spacial score (nSPS) is 20.3. The van der Waals surface area contributed by atoms with Crippen LogP contribution in [0.3, 0.4) is 0 Å². The van der Waals surface area contributed by atoms with Gasteiger partial charge in [0.05, 0.1) is 36.8 Å². The Morgan fingerprint density at radius 2 is 1.52 bits per heavy atom. The summed E-state index contributed by atoms with van der Waals surface area (Å²) >= 11 is 0. The number of ether oxygens (including phenoxy) is 2. The van der Waals surface area contributed by atoms with E-state index < -0.39 is 30.2 Å². The topological polar surface area (TPSA) is 134 Å². The van der Waals surface area contributed by atoms with Gasteiger partial charge >= 0.3 is 0 Å². The van der Waals surface area contributed by atoms with Crippen molar-refractivity contribution in [1.29, 1.82) is 0 Å². The molecule has 2 rings (SSSR count). The molecular formula is C39H66BN4O8. The van der Waals surface area contributed by atoms with E-state index in [1.165, 1.54) is 12.2 Å². The molecule has 2 aliphatic rings. The molecule has 0 N–H and O–H groups in total. The lowest BCUT2D eigenvalue weighted by Gasteiger charge is -2.41. The van der Waals surface area contributed by atoms with Crippen molar-refractivity contribution in [3.05, 3.63) is 12.2 Å². The van der Waals surface area contributed by atoms with Crippen molar-refractivity contribution in [3.63, 3.8) is 0 Å². The van der Waals surface area contributed by atoms with Crippen molar-refractivity contribution in [3.8, 4) is 0 Å². The number of carbonyl (C=O) groups excluding carboxylic acids is 6. The van der Waals surface area contributed by atoms with E-state index in [1.807, 2.05) is 65.3 Å². The molecule has 0 unspecified atom stereocenters. The molecule has 2 heterocycles. The van der Waals surface area contributed by atoms with Gasteiger partial charge in [0.25, 0.3) is 11.8 Å². The number of likely N-dealkylation sites (N-methyl/N-ethyl adjacent to an activating group) is 2. The van der Waals surface area contributed by atoms with E-state index in [0.29, 0.717) is 19.4 Å². The molecule has 1 radical (unpaired) electrons. The van der Waals surface area contributed by atoms with Crippen LogP contribution in [0.15, 0.2) is 12.2 Å². The van der Waals surface area contributed by atoms with Crippen LogP contribution in [0.25, 0.3) is 0 Å². The molecule has 0 aromatic rings. The third-order valence-corrected chi connectivity index (χ3v) is 11.3. The van der Waals surface area contributed by atoms with Gasteiger partial charge in [0, 0.05) is 71.1 Å². The van der Waals surface area contributed by atoms with Crippen molar-refractivity contribution < 1.29 is 38.2 Å². The van der Waals surface area contributed by atoms with E-state index in [4.69, 9.17) is 9.47 Å². The average Bonchev–Trinajstić information content (AvgIpc) is 3.71. The van der Waals surface area contributed by atoms with Crippen molar-refractivity contribution in [2.24, 2.45) is 29.6 Å². The highest BCUT2D eigenvalue weighted by Crippen LogP contribution is 2.31. The van der Waals surface area contributed by atoms with E-state index in [9.17, 15) is 28.8 Å². The molecule has 8 atom stereocenters. The first-order chi connectivity index (χ1) is 24.5. The van der Waals surface area contributed by atoms with Gasteiger partial charge < -0.3 is 24.2 Å². The minimum Gasteiger partial charge on any atom is -0.379 e. The van der Waals surface area contributed by atoms with Crippen LogP contribution in [0.5, 0.6) is 0 Å². The van der Waals surface area contributed by atoms with Crippen LogP contribution in [0.4, 0.5) is 0 Å². The Labute approximate surface area is 313 Å². The number of hydrogen-bond donors (Lipinski definition) is 0. The number of imide groups is 1. The highest BCUT2D eigenvalue weighted by molar-refractivity contribution is 6.37. The van der Waals surface area contributed by atoms with E-state index >= 15 is 0 Å². The number of rotatable bonds is 23. The highest BCUT2D eigenvalue weighted by Gasteiger charge is 2.43. The molecular weight excluding hydrogens is 663 g/mol. The maximum absolute atomic E-state index is 14.4. The van der Waals surface area contributed by atoms with E-state index in [-0.39, 0.29) is 84.2 Å². The first kappa shape index (κ1) is 45.3. The van der Waals surface area contributed by atoms with Crippen LogP contribution in [-0.2, 0) is 38.2 Å². The van der Waals surface area contributed by atoms with Gasteiger partial charge in [0.15, 0.2) is 13.1 Å². The number of likely N-dealkylation sites (tertiary alicyclic amines) is 1. The molecule has 0 aliphatic carbocycles. The predicted molar refractivity (Wildman–Crippen MR) is 202 cm³/mol. The van der Waals surface area contributed by atoms with Crippen molar-refractivity contribution >= 4 is 42.5 Å². The number of methoxy groups -OCH3 is 2. The monoisotopic (exact) mass is 729 g/mol. The summed E-state index contributed by atoms with van der Waals surface area (Å²) in [7, 11) is 8.56. The molecule has 0 spiro atoms. The summed E-state index contributed by atoms with van der Waals surface area (Å²) in [5.74, 6) is -2.02. The zero-order valence-corrected chi connectivity index (χ0v) is 33.9. The second-order valence-electron chi connectivity index (χ2n) is 15.5. The zero-order chi connectivity index (χ0) is 39.4. The lowest BCUT2D eigenvalue weighted by molar-refractivity contribution is -0.149. The van der Waals surface area contributed by atoms with Gasteiger partial charge in [-0.05, 0) is 44.1 Å². The van der Waals surface area contributed by atoms with Crippen molar-refractivity contribution in [1.82, 2.24) is 19.6 Å². The molecule has 0 aromatic carbocycles. The van der Waals surface area contributed by atoms with Crippen LogP contribution >= 0.6 is 0 Å². The summed E-state index contributed by atoms with van der Waals surface area (Å²) in [5.41, 5.74) is 0. The predicted octanol–water partition coefficient (Wildman–Crippen LogP) is 3.62. The van der Waals surface area contributed by atoms with E-state index in [1.54, 1.807) is 33.4 Å². The Bertz CT molecular complexity index is 1260. The largest absolute Gasteiger partial charge is 0.379 e. The molecule has 1 saturated heterocycles. The second kappa shape index (κ2) is 21.1. The van der Waals surface area contributed by atoms with Gasteiger partial charge in [-0.1, -0.05) is 61.8 Å². The lowest BCUT2D eigenvalue weighted by atomic mass is 9.76. The number of amides is 4. The fourth-order valence-corrected chi connectivity index (χ4v) is 8.11. The van der Waals surface area contributed by atoms with Gasteiger partial charge in [-0.25, -0.2) is 0 Å². The average molecular weight is 730 g/mol. The quantitative estimate of drug-likeness (QED) is 0.114. The Morgan fingerprint density at radius 3 is 2.02 bits per heavy atom. The Morgan fingerprint density at radius 1 is 0.904 bits per heavy atom. The molecule has 13 heteroatoms. The van der Waals surface area contributed by atoms with Crippen molar-refractivity contribution in [2.45, 2.75) is 124 Å². The third kappa shape index (κ3) is 11.3. The zero-order valence-electron chi connectivity index (χ0n) is 33.9. The number of hydrogen-bond acceptors (Lipinski definition) is 9. The molecule has 52 heavy (non-hydrogen) atoms. The maximum atomic E-state index is 14.4. The van der Waals surface area contributed by atoms with Gasteiger partial charge in [-0.3, -0.25) is 33.7 Å². The van der Waals surface area contributed by atoms with Crippen LogP contribution in [0, 0.1) is 29.6 Å². The molecule has 4 amide bonds. The standard InChI is InChI=1S/C39H66BN4O8/c1-13-26(7)37(32(51-11)21-35(49)43-19-15-16-29(43)38(52-12)27(8)30(45)14-2)42(10)39(50)28(24(3)4)20-31(46)36(25(5)6)41(9)22-40-23-44-33(47)17-18-34(44)48/h17-18,24-29,32,36-38H,13-16,19-23H2,1-12H3/t26-,27-,28-,29-,32+,36-,37-,38+/m0/s1. The van der Waals surface area contributed by atoms with Crippen molar-refractivity contribution in [2.75, 3.05) is 47.7 Å². The van der Waals surface area contributed by atoms with Crippen LogP contribution in [0.2, 0.25) is 0 Å². The van der Waals surface area contributed by atoms with Crippen LogP contribution < -0.4 is 0 Å². The fraction of sp³-hybridized carbons (Fsp3) is 0.795. The van der Waals surface area contributed by atoms with E-state index in [0.717, 1.165) is 24.2 Å². The molecule has 2 aliphatic heterocycles. The van der Waals surface area contributed by atoms with Gasteiger partial charge in [-0.2, -0.15) is 0 Å². The maximum Gasteiger partial charge on any atom is 0.252 e. The first-order valence-corrected chi connectivity index (χ1v) is 19.2. The molecule has 0 bridgehead atoms. The minimum absolute atomic E-state index is 0.00633. The number of carbonyl (C=O) groups is 6. The molecule has 1 fully saturated rings. The summed E-state index contributed by atoms with van der Waals surface area (Å²) in [5, 5.41) is 0. The Balaban J connectivity index is 2.23. The summed E-state index contributed by atoms with van der Waals surface area (Å²) in [6.45, 7) is 16.2. The summed E-state index contributed by atoms with van der Waals surface area (Å²) in [6.07, 6.45) is 4.87. The number of Topliss-reactive ketones (excluding diaryl/α,β-unsaturated/α-hetero) is 2. The van der Waals surface area contributed by atoms with Crippen LogP contribution in [-0.4, -0.2) is 140 Å². The minimum atomic E-state index is -0.593. The summed E-state index contributed by atoms with van der Waals surface area (Å²) < 4.78 is 11.8. The molecule has 12 nitrogen and oxygen atoms in total. The third-order valence-electron chi connectivity index (χ3n) is 11.3. The highest BCUT2D eigenvalue weighted by atomic mass is 16.5. The van der Waals surface area contributed by atoms with Crippen LogP contribution in [0.1, 0.15) is 93.9 Å². The van der Waals surface area contributed by atoms with Gasteiger partial charge in [-0.15, -0.1) is 0 Å². The SMILES string of the molecule is CCC(=O)[C@H](C)[C@@H](OC)[C@@H]1CCCN1C(=O)C[C@@H](OC)[C@H]([C@@H](C)CC)N(C)C(=O)[C@@H](CC(=O)[C@H](C(C)C)N(C)C[B]CN1C(=O)C=CC1=O)C(C)C. The van der Waals surface area contributed by atoms with Gasteiger partial charge in [0.2, 0.25) is 11.8 Å². The van der Waals surface area contributed by atoms with Gasteiger partial charge in [0.1, 0.15) is 5.78 Å². The Kier molecular flexibility index (Phi) is 18.4. The molecule has 0 aromatic heterocycles.